The van der Waals surface area contributed by atoms with E-state index in [1.807, 2.05) is 0 Å². The van der Waals surface area contributed by atoms with E-state index in [1.54, 1.807) is 107 Å². The van der Waals surface area contributed by atoms with E-state index in [0.29, 0.717) is 112 Å². The Balaban J connectivity index is 0.760. The van der Waals surface area contributed by atoms with Crippen molar-refractivity contribution in [2.24, 2.45) is 0 Å². The van der Waals surface area contributed by atoms with E-state index < -0.39 is 46.6 Å². The van der Waals surface area contributed by atoms with Gasteiger partial charge in [-0.2, -0.15) is 26.3 Å². The lowest BCUT2D eigenvalue weighted by molar-refractivity contribution is -0.152. The number of nitrogens with zero attached hydrogens (tertiary/aromatic N) is 3. The van der Waals surface area contributed by atoms with Crippen molar-refractivity contribution in [3.05, 3.63) is 140 Å². The van der Waals surface area contributed by atoms with Crippen LogP contribution in [0, 0.1) is 0 Å². The van der Waals surface area contributed by atoms with E-state index >= 15 is 0 Å². The van der Waals surface area contributed by atoms with Gasteiger partial charge in [0.15, 0.2) is 6.61 Å². The van der Waals surface area contributed by atoms with Crippen molar-refractivity contribution >= 4 is 51.8 Å². The number of thiophene rings is 2. The molecule has 0 bridgehead atoms. The van der Waals surface area contributed by atoms with E-state index in [-0.39, 0.29) is 36.8 Å². The second-order valence-electron chi connectivity index (χ2n) is 16.1. The second-order valence-corrected chi connectivity index (χ2v) is 18.4. The highest BCUT2D eigenvalue weighted by Gasteiger charge is 2.39. The predicted molar refractivity (Wildman–Crippen MR) is 239 cm³/mol. The average molecular weight is 946 g/mol. The maximum absolute atomic E-state index is 13.9. The highest BCUT2D eigenvalue weighted by atomic mass is 32.1. The molecule has 2 aromatic heterocycles. The van der Waals surface area contributed by atoms with E-state index in [9.17, 15) is 40.7 Å². The number of fused-ring (bicyclic) bond motifs is 2. The van der Waals surface area contributed by atoms with Crippen molar-refractivity contribution in [1.82, 2.24) is 4.90 Å². The van der Waals surface area contributed by atoms with Gasteiger partial charge in [0, 0.05) is 45.3 Å². The Kier molecular flexibility index (Phi) is 12.7. The van der Waals surface area contributed by atoms with Crippen LogP contribution in [0.5, 0.6) is 11.5 Å². The number of ether oxygens (including phenoxy) is 3. The fourth-order valence-electron chi connectivity index (χ4n) is 8.72. The van der Waals surface area contributed by atoms with Crippen molar-refractivity contribution in [2.75, 3.05) is 42.6 Å². The van der Waals surface area contributed by atoms with Crippen LogP contribution in [0.25, 0.3) is 22.3 Å². The van der Waals surface area contributed by atoms with Crippen molar-refractivity contribution in [2.45, 2.75) is 57.3 Å². The lowest BCUT2D eigenvalue weighted by Gasteiger charge is -2.26. The maximum Gasteiger partial charge on any atom is 0.426 e. The van der Waals surface area contributed by atoms with Gasteiger partial charge in [-0.25, -0.2) is 0 Å². The topological polar surface area (TPSA) is 88.6 Å². The van der Waals surface area contributed by atoms with E-state index in [4.69, 9.17) is 14.2 Å². The van der Waals surface area contributed by atoms with Crippen molar-refractivity contribution in [1.29, 1.82) is 0 Å². The first-order chi connectivity index (χ1) is 31.7. The largest absolute Gasteiger partial charge is 0.488 e. The Hall–Kier alpha value is -6.17. The van der Waals surface area contributed by atoms with Crippen LogP contribution in [0.4, 0.5) is 37.7 Å². The summed E-state index contributed by atoms with van der Waals surface area (Å²) in [5, 5.41) is 0. The molecule has 9 nitrogen and oxygen atoms in total. The Morgan fingerprint density at radius 1 is 0.606 bits per heavy atom. The Morgan fingerprint density at radius 3 is 1.58 bits per heavy atom. The smallest absolute Gasteiger partial charge is 0.426 e. The molecule has 0 radical (unpaired) electrons. The first-order valence-corrected chi connectivity index (χ1v) is 22.9. The summed E-state index contributed by atoms with van der Waals surface area (Å²) < 4.78 is 101. The van der Waals surface area contributed by atoms with E-state index in [0.717, 1.165) is 11.1 Å². The van der Waals surface area contributed by atoms with Gasteiger partial charge in [0.1, 0.15) is 40.5 Å². The SMILES string of the molecule is O=C(OCC(=O)N1CCc2cc(OCc3cc(-c4ccccc4)c(C(F)(F)F)s3)ccc21)C1CCCN1CC(=O)N1CCc2cc(OCc3cc(-c4ccccc4)c(C(F)(F)F)s3)ccc21. The molecule has 5 heterocycles. The third-order valence-corrected chi connectivity index (χ3v) is 14.1. The summed E-state index contributed by atoms with van der Waals surface area (Å²) in [6, 6.07) is 29.5. The molecule has 66 heavy (non-hydrogen) atoms. The summed E-state index contributed by atoms with van der Waals surface area (Å²) in [6.07, 6.45) is -6.85. The molecule has 3 aliphatic rings. The number of carbonyl (C=O) groups is 3. The van der Waals surface area contributed by atoms with Crippen LogP contribution >= 0.6 is 22.7 Å². The lowest BCUT2D eigenvalue weighted by Crippen LogP contribution is -2.45. The minimum Gasteiger partial charge on any atom is -0.488 e. The van der Waals surface area contributed by atoms with Crippen LogP contribution in [-0.4, -0.2) is 61.5 Å². The number of halogens is 6. The van der Waals surface area contributed by atoms with E-state index in [1.165, 1.54) is 17.0 Å². The van der Waals surface area contributed by atoms with Gasteiger partial charge in [-0.15, -0.1) is 22.7 Å². The number of esters is 1. The predicted octanol–water partition coefficient (Wildman–Crippen LogP) is 10.8. The molecular weight excluding hydrogens is 905 g/mol. The monoisotopic (exact) mass is 945 g/mol. The van der Waals surface area contributed by atoms with Crippen molar-refractivity contribution < 1.29 is 54.9 Å². The van der Waals surface area contributed by atoms with Gasteiger partial charge in [0.25, 0.3) is 5.91 Å². The van der Waals surface area contributed by atoms with Crippen LogP contribution in [0.3, 0.4) is 0 Å². The van der Waals surface area contributed by atoms with Gasteiger partial charge < -0.3 is 24.0 Å². The number of anilines is 2. The highest BCUT2D eigenvalue weighted by Crippen LogP contribution is 2.45. The number of carbonyl (C=O) groups excluding carboxylic acids is 3. The second kappa shape index (κ2) is 18.6. The molecule has 9 rings (SSSR count). The van der Waals surface area contributed by atoms with Crippen molar-refractivity contribution in [3.63, 3.8) is 0 Å². The fraction of sp³-hybridized carbons (Fsp3) is 0.286. The quantitative estimate of drug-likeness (QED) is 0.0842. The van der Waals surface area contributed by atoms with Gasteiger partial charge in [-0.05, 0) is 103 Å². The number of likely N-dealkylation sites (tertiary alicyclic amines) is 1. The van der Waals surface area contributed by atoms with Crippen LogP contribution in [0.15, 0.2) is 109 Å². The first kappa shape index (κ1) is 45.0. The minimum atomic E-state index is -4.52. The van der Waals surface area contributed by atoms with Crippen molar-refractivity contribution in [3.8, 4) is 33.8 Å². The number of hydrogen-bond donors (Lipinski definition) is 0. The molecule has 3 aliphatic heterocycles. The van der Waals surface area contributed by atoms with Crippen LogP contribution in [0.2, 0.25) is 0 Å². The Morgan fingerprint density at radius 2 is 1.09 bits per heavy atom. The normalized spacial score (nSPS) is 16.1. The molecule has 1 fully saturated rings. The molecule has 0 N–H and O–H groups in total. The van der Waals surface area contributed by atoms with E-state index in [2.05, 4.69) is 0 Å². The summed E-state index contributed by atoms with van der Waals surface area (Å²) in [4.78, 5) is 44.8. The number of rotatable bonds is 13. The Bertz CT molecular complexity index is 2760. The van der Waals surface area contributed by atoms with Crippen LogP contribution in [0.1, 0.15) is 43.5 Å². The third kappa shape index (κ3) is 9.69. The molecule has 1 saturated heterocycles. The fourth-order valence-corrected chi connectivity index (χ4v) is 10.6. The number of benzene rings is 4. The molecule has 0 saturated carbocycles. The molecule has 0 aliphatic carbocycles. The summed E-state index contributed by atoms with van der Waals surface area (Å²) in [5.41, 5.74) is 4.14. The molecule has 0 spiro atoms. The van der Waals surface area contributed by atoms with Crippen LogP contribution in [-0.2, 0) is 57.5 Å². The zero-order valence-electron chi connectivity index (χ0n) is 35.1. The summed E-state index contributed by atoms with van der Waals surface area (Å²) >= 11 is 1.30. The molecule has 342 valence electrons. The molecule has 1 unspecified atom stereocenters. The third-order valence-electron chi connectivity index (χ3n) is 11.8. The molecule has 4 aromatic carbocycles. The van der Waals surface area contributed by atoms with Gasteiger partial charge in [-0.3, -0.25) is 19.3 Å². The lowest BCUT2D eigenvalue weighted by atomic mass is 10.1. The highest BCUT2D eigenvalue weighted by molar-refractivity contribution is 7.13. The standard InChI is InChI=1S/C49H41F6N3O6S2/c50-48(51,52)45-38(30-8-3-1-4-9-30)24-36(65-45)27-62-34-13-15-40-32(22-34)17-20-57(40)43(59)26-56-19-7-12-42(56)47(61)64-29-44(60)58-21-18-33-23-35(14-16-41(33)58)63-28-37-25-39(31-10-5-2-6-11-31)46(66-37)49(53,54)55/h1-6,8-11,13-16,22-25,42H,7,12,17-21,26-29H2. The van der Waals surface area contributed by atoms with Gasteiger partial charge >= 0.3 is 18.3 Å². The average Bonchev–Trinajstić information content (AvgIpc) is 4.16. The number of amides is 2. The number of hydrogen-bond acceptors (Lipinski definition) is 9. The molecule has 1 atom stereocenters. The summed E-state index contributed by atoms with van der Waals surface area (Å²) in [6.45, 7) is 0.586. The minimum absolute atomic E-state index is 0.0386. The molecule has 17 heteroatoms. The summed E-state index contributed by atoms with van der Waals surface area (Å²) in [7, 11) is 0. The van der Waals surface area contributed by atoms with Gasteiger partial charge in [0.05, 0.1) is 6.54 Å². The summed E-state index contributed by atoms with van der Waals surface area (Å²) in [5.74, 6) is -0.308. The zero-order valence-corrected chi connectivity index (χ0v) is 36.8. The van der Waals surface area contributed by atoms with Crippen LogP contribution < -0.4 is 19.3 Å². The first-order valence-electron chi connectivity index (χ1n) is 21.2. The molecule has 2 amide bonds. The molecule has 6 aromatic rings. The van der Waals surface area contributed by atoms with Gasteiger partial charge in [-0.1, -0.05) is 60.7 Å². The number of alkyl halides is 6. The maximum atomic E-state index is 13.9. The Labute approximate surface area is 383 Å². The zero-order chi connectivity index (χ0) is 46.2. The van der Waals surface area contributed by atoms with Gasteiger partial charge in [0.2, 0.25) is 5.91 Å². The molecular formula is C49H41F6N3O6S2.